The fourth-order valence-electron chi connectivity index (χ4n) is 1.61. The van der Waals surface area contributed by atoms with Gasteiger partial charge in [0.15, 0.2) is 0 Å². The molecule has 1 aliphatic rings. The van der Waals surface area contributed by atoms with Crippen molar-refractivity contribution in [2.24, 2.45) is 0 Å². The van der Waals surface area contributed by atoms with Crippen molar-refractivity contribution in [2.75, 3.05) is 32.7 Å². The quantitative estimate of drug-likeness (QED) is 0.690. The Balaban J connectivity index is 0. The normalized spacial score (nSPS) is 16.1. The number of carbonyl (C=O) groups is 2. The second-order valence-electron chi connectivity index (χ2n) is 5.14. The van der Waals surface area contributed by atoms with E-state index in [0.29, 0.717) is 26.2 Å². The molecule has 0 aromatic rings. The molecule has 0 saturated carbocycles. The van der Waals surface area contributed by atoms with Crippen molar-refractivity contribution < 1.29 is 30.4 Å². The van der Waals surface area contributed by atoms with Crippen molar-refractivity contribution in [2.45, 2.75) is 26.4 Å². The van der Waals surface area contributed by atoms with Gasteiger partial charge in [-0.1, -0.05) is 0 Å². The average Bonchev–Trinajstić information content (AvgIpc) is 2.15. The number of carboxylic acid groups (broad SMARTS) is 1. The zero-order chi connectivity index (χ0) is 13.1. The molecule has 1 fully saturated rings. The number of ether oxygens (including phenoxy) is 1. The zero-order valence-corrected chi connectivity index (χ0v) is 11.6. The van der Waals surface area contributed by atoms with Crippen LogP contribution in [0.5, 0.6) is 0 Å². The molecule has 1 rings (SSSR count). The summed E-state index contributed by atoms with van der Waals surface area (Å²) in [4.78, 5) is 25.7. The van der Waals surface area contributed by atoms with Crippen molar-refractivity contribution >= 4 is 12.1 Å². The molecule has 19 heavy (non-hydrogen) atoms. The zero-order valence-electron chi connectivity index (χ0n) is 11.6. The van der Waals surface area contributed by atoms with Gasteiger partial charge in [-0.2, -0.15) is 0 Å². The van der Waals surface area contributed by atoms with E-state index in [2.05, 4.69) is 0 Å². The number of amides is 1. The van der Waals surface area contributed by atoms with E-state index in [1.165, 1.54) is 0 Å². The van der Waals surface area contributed by atoms with Gasteiger partial charge in [0.05, 0.1) is 6.54 Å². The number of piperazine rings is 1. The van der Waals surface area contributed by atoms with Crippen LogP contribution in [0.4, 0.5) is 4.79 Å². The summed E-state index contributed by atoms with van der Waals surface area (Å²) in [6, 6.07) is 0. The van der Waals surface area contributed by atoms with Gasteiger partial charge in [-0.3, -0.25) is 9.69 Å². The van der Waals surface area contributed by atoms with Crippen LogP contribution in [0.25, 0.3) is 0 Å². The minimum Gasteiger partial charge on any atom is -0.480 e. The number of carboxylic acids is 1. The largest absolute Gasteiger partial charge is 0.480 e. The van der Waals surface area contributed by atoms with Crippen molar-refractivity contribution in [1.29, 1.82) is 0 Å². The summed E-state index contributed by atoms with van der Waals surface area (Å²) in [7, 11) is 0. The maximum Gasteiger partial charge on any atom is 0.410 e. The molecule has 8 nitrogen and oxygen atoms in total. The van der Waals surface area contributed by atoms with E-state index < -0.39 is 11.6 Å². The van der Waals surface area contributed by atoms with Gasteiger partial charge in [-0.15, -0.1) is 0 Å². The molecular formula is C11H24N2O6. The Morgan fingerprint density at radius 2 is 1.58 bits per heavy atom. The van der Waals surface area contributed by atoms with Crippen molar-refractivity contribution in [3.05, 3.63) is 0 Å². The van der Waals surface area contributed by atoms with Crippen LogP contribution < -0.4 is 0 Å². The maximum absolute atomic E-state index is 11.7. The average molecular weight is 280 g/mol. The smallest absolute Gasteiger partial charge is 0.410 e. The van der Waals surface area contributed by atoms with Gasteiger partial charge in [-0.05, 0) is 20.8 Å². The van der Waals surface area contributed by atoms with Gasteiger partial charge in [0.25, 0.3) is 0 Å². The molecule has 0 atom stereocenters. The molecular weight excluding hydrogens is 256 g/mol. The van der Waals surface area contributed by atoms with E-state index in [1.54, 1.807) is 4.90 Å². The first-order valence-corrected chi connectivity index (χ1v) is 5.70. The summed E-state index contributed by atoms with van der Waals surface area (Å²) in [5.41, 5.74) is -0.491. The first-order valence-electron chi connectivity index (χ1n) is 5.70. The van der Waals surface area contributed by atoms with Gasteiger partial charge in [-0.25, -0.2) is 4.79 Å². The summed E-state index contributed by atoms with van der Waals surface area (Å²) in [5.74, 6) is -0.837. The molecule has 0 aromatic heterocycles. The van der Waals surface area contributed by atoms with E-state index in [9.17, 15) is 9.59 Å². The number of carbonyl (C=O) groups excluding carboxylic acids is 1. The molecule has 1 amide bonds. The standard InChI is InChI=1S/C11H20N2O4.2H2O/c1-11(2,3)17-10(16)13-6-4-12(5-7-13)8-9(14)15;;/h4-8H2,1-3H3,(H,14,15);2*1H2. The van der Waals surface area contributed by atoms with Gasteiger partial charge in [0, 0.05) is 26.2 Å². The maximum atomic E-state index is 11.7. The minimum atomic E-state index is -0.837. The molecule has 8 heteroatoms. The molecule has 0 radical (unpaired) electrons. The van der Waals surface area contributed by atoms with Crippen molar-refractivity contribution in [1.82, 2.24) is 9.80 Å². The third-order valence-corrected chi connectivity index (χ3v) is 2.38. The van der Waals surface area contributed by atoms with Crippen molar-refractivity contribution in [3.63, 3.8) is 0 Å². The van der Waals surface area contributed by atoms with E-state index in [0.717, 1.165) is 0 Å². The minimum absolute atomic E-state index is 0. The number of nitrogens with zero attached hydrogens (tertiary/aromatic N) is 2. The summed E-state index contributed by atoms with van der Waals surface area (Å²) in [6.07, 6.45) is -0.326. The SMILES string of the molecule is CC(C)(C)OC(=O)N1CCN(CC(=O)O)CC1.O.O. The lowest BCUT2D eigenvalue weighted by Gasteiger charge is -2.34. The molecule has 0 bridgehead atoms. The molecule has 1 heterocycles. The molecule has 0 aliphatic carbocycles. The van der Waals surface area contributed by atoms with Crippen LogP contribution in [-0.4, -0.2) is 76.2 Å². The lowest BCUT2D eigenvalue weighted by Crippen LogP contribution is -2.51. The fourth-order valence-corrected chi connectivity index (χ4v) is 1.61. The lowest BCUT2D eigenvalue weighted by atomic mass is 10.2. The second-order valence-corrected chi connectivity index (χ2v) is 5.14. The fraction of sp³-hybridized carbons (Fsp3) is 0.818. The second kappa shape index (κ2) is 7.93. The van der Waals surface area contributed by atoms with E-state index in [1.807, 2.05) is 25.7 Å². The van der Waals surface area contributed by atoms with Crippen molar-refractivity contribution in [3.8, 4) is 0 Å². The predicted molar refractivity (Wildman–Crippen MR) is 69.1 cm³/mol. The van der Waals surface area contributed by atoms with Gasteiger partial charge < -0.3 is 25.7 Å². The molecule has 0 spiro atoms. The van der Waals surface area contributed by atoms with Gasteiger partial charge in [0.2, 0.25) is 0 Å². The van der Waals surface area contributed by atoms with Crippen LogP contribution in [0.3, 0.4) is 0 Å². The molecule has 1 aliphatic heterocycles. The highest BCUT2D eigenvalue weighted by Gasteiger charge is 2.26. The number of rotatable bonds is 2. The summed E-state index contributed by atoms with van der Waals surface area (Å²) in [5, 5.41) is 8.65. The van der Waals surface area contributed by atoms with Crippen LogP contribution in [-0.2, 0) is 9.53 Å². The van der Waals surface area contributed by atoms with Gasteiger partial charge >= 0.3 is 12.1 Å². The summed E-state index contributed by atoms with van der Waals surface area (Å²) >= 11 is 0. The summed E-state index contributed by atoms with van der Waals surface area (Å²) in [6.45, 7) is 7.69. The number of hydrogen-bond acceptors (Lipinski definition) is 4. The Bertz CT molecular complexity index is 294. The van der Waals surface area contributed by atoms with E-state index in [-0.39, 0.29) is 23.6 Å². The van der Waals surface area contributed by atoms with Crippen LogP contribution in [0.2, 0.25) is 0 Å². The topological polar surface area (TPSA) is 133 Å². The third kappa shape index (κ3) is 7.60. The highest BCUT2D eigenvalue weighted by atomic mass is 16.6. The highest BCUT2D eigenvalue weighted by molar-refractivity contribution is 5.69. The highest BCUT2D eigenvalue weighted by Crippen LogP contribution is 2.11. The summed E-state index contributed by atoms with van der Waals surface area (Å²) < 4.78 is 5.25. The Kier molecular flexibility index (Phi) is 8.32. The Hall–Kier alpha value is -1.38. The van der Waals surface area contributed by atoms with Crippen LogP contribution >= 0.6 is 0 Å². The molecule has 0 aromatic carbocycles. The van der Waals surface area contributed by atoms with Gasteiger partial charge in [0.1, 0.15) is 5.60 Å². The third-order valence-electron chi connectivity index (χ3n) is 2.38. The van der Waals surface area contributed by atoms with E-state index >= 15 is 0 Å². The number of aliphatic carboxylic acids is 1. The monoisotopic (exact) mass is 280 g/mol. The lowest BCUT2D eigenvalue weighted by molar-refractivity contribution is -0.138. The van der Waals surface area contributed by atoms with E-state index in [4.69, 9.17) is 9.84 Å². The first kappa shape index (κ1) is 19.9. The number of hydrogen-bond donors (Lipinski definition) is 1. The molecule has 0 unspecified atom stereocenters. The molecule has 5 N–H and O–H groups in total. The van der Waals surface area contributed by atoms with Crippen LogP contribution in [0, 0.1) is 0 Å². The predicted octanol–water partition coefficient (Wildman–Crippen LogP) is -1.03. The molecule has 1 saturated heterocycles. The van der Waals surface area contributed by atoms with Crippen LogP contribution in [0.15, 0.2) is 0 Å². The van der Waals surface area contributed by atoms with Crippen LogP contribution in [0.1, 0.15) is 20.8 Å². The Labute approximate surface area is 112 Å². The Morgan fingerprint density at radius 3 is 1.95 bits per heavy atom. The Morgan fingerprint density at radius 1 is 1.11 bits per heavy atom. The molecule has 114 valence electrons. The first-order chi connectivity index (χ1) is 7.78.